The van der Waals surface area contributed by atoms with Gasteiger partial charge in [0.15, 0.2) is 6.23 Å². The minimum Gasteiger partial charge on any atom is -0.497 e. The first kappa shape index (κ1) is 62.6. The number of aromatic nitrogens is 2. The summed E-state index contributed by atoms with van der Waals surface area (Å²) in [7, 11) is 2.65. The highest BCUT2D eigenvalue weighted by molar-refractivity contribution is 7.44. The van der Waals surface area contributed by atoms with Gasteiger partial charge in [-0.15, -0.1) is 0 Å². The molecule has 0 saturated carbocycles. The van der Waals surface area contributed by atoms with E-state index in [1.165, 1.54) is 23.9 Å². The first-order chi connectivity index (χ1) is 38.8. The second kappa shape index (κ2) is 32.6. The molecule has 5 aromatic rings. The SMILES string of the molecule is COC(=O)CCCCCCCCCCCNC(=O)CO[C@@H]1[C@H](OP(OCCC#N)N(C(C)C)C(C)C)[C@@H](COC(c2ccccc2)(c2ccc(OC)cc2)c2ccc(OC)cc2)O[C@H]1n1ccc(NC(=O)c2ccccc2)nc1=O. The van der Waals surface area contributed by atoms with E-state index in [9.17, 15) is 24.4 Å². The summed E-state index contributed by atoms with van der Waals surface area (Å²) in [6.45, 7) is 8.01. The van der Waals surface area contributed by atoms with Crippen LogP contribution in [-0.4, -0.2) is 110 Å². The van der Waals surface area contributed by atoms with Gasteiger partial charge in [-0.1, -0.05) is 118 Å². The lowest BCUT2D eigenvalue weighted by atomic mass is 9.80. The predicted molar refractivity (Wildman–Crippen MR) is 306 cm³/mol. The van der Waals surface area contributed by atoms with Crippen molar-refractivity contribution in [1.29, 1.82) is 5.26 Å². The maximum absolute atomic E-state index is 14.4. The number of amides is 2. The molecule has 0 aliphatic carbocycles. The average molecular weight is 1120 g/mol. The molecule has 5 atom stereocenters. The van der Waals surface area contributed by atoms with Crippen molar-refractivity contribution in [3.05, 3.63) is 154 Å². The van der Waals surface area contributed by atoms with Gasteiger partial charge in [0, 0.05) is 36.8 Å². The number of hydrogen-bond acceptors (Lipinski definition) is 15. The van der Waals surface area contributed by atoms with Gasteiger partial charge in [0.1, 0.15) is 47.8 Å². The van der Waals surface area contributed by atoms with Crippen LogP contribution >= 0.6 is 8.53 Å². The fourth-order valence-electron chi connectivity index (χ4n) is 9.69. The summed E-state index contributed by atoms with van der Waals surface area (Å²) >= 11 is 0. The molecule has 1 aliphatic heterocycles. The molecule has 19 heteroatoms. The number of carbonyl (C=O) groups excluding carboxylic acids is 3. The van der Waals surface area contributed by atoms with E-state index >= 15 is 0 Å². The minimum atomic E-state index is -1.97. The zero-order valence-electron chi connectivity index (χ0n) is 47.3. The molecule has 1 aliphatic rings. The topological polar surface area (TPSA) is 211 Å². The van der Waals surface area contributed by atoms with Crippen LogP contribution in [0.1, 0.15) is 132 Å². The van der Waals surface area contributed by atoms with Crippen molar-refractivity contribution in [2.24, 2.45) is 0 Å². The number of carbonyl (C=O) groups is 3. The van der Waals surface area contributed by atoms with Crippen LogP contribution in [0.4, 0.5) is 5.82 Å². The third-order valence-electron chi connectivity index (χ3n) is 13.7. The molecule has 1 fully saturated rings. The molecule has 6 rings (SSSR count). The van der Waals surface area contributed by atoms with Gasteiger partial charge < -0.3 is 48.1 Å². The Morgan fingerprint density at radius 2 is 1.31 bits per heavy atom. The third kappa shape index (κ3) is 17.7. The normalized spacial score (nSPS) is 16.6. The van der Waals surface area contributed by atoms with E-state index in [-0.39, 0.29) is 49.4 Å². The van der Waals surface area contributed by atoms with Gasteiger partial charge in [-0.2, -0.15) is 10.2 Å². The number of nitriles is 1. The van der Waals surface area contributed by atoms with Crippen LogP contribution in [0.5, 0.6) is 11.5 Å². The van der Waals surface area contributed by atoms with Crippen molar-refractivity contribution in [3.8, 4) is 17.6 Å². The second-order valence-electron chi connectivity index (χ2n) is 20.0. The Balaban J connectivity index is 1.35. The Morgan fingerprint density at radius 1 is 0.750 bits per heavy atom. The highest BCUT2D eigenvalue weighted by Crippen LogP contribution is 2.51. The lowest BCUT2D eigenvalue weighted by Gasteiger charge is -2.39. The molecule has 0 spiro atoms. The Hall–Kier alpha value is -6.55. The van der Waals surface area contributed by atoms with Crippen molar-refractivity contribution in [3.63, 3.8) is 0 Å². The van der Waals surface area contributed by atoms with Crippen LogP contribution in [0, 0.1) is 11.3 Å². The Kier molecular flexibility index (Phi) is 25.6. The molecule has 1 aromatic heterocycles. The number of anilines is 1. The van der Waals surface area contributed by atoms with E-state index < -0.39 is 56.9 Å². The zero-order valence-corrected chi connectivity index (χ0v) is 48.1. The molecule has 430 valence electrons. The largest absolute Gasteiger partial charge is 0.497 e. The number of esters is 1. The number of methoxy groups -OCH3 is 3. The van der Waals surface area contributed by atoms with Crippen LogP contribution in [0.2, 0.25) is 0 Å². The van der Waals surface area contributed by atoms with Crippen molar-refractivity contribution in [2.75, 3.05) is 53.0 Å². The quantitative estimate of drug-likeness (QED) is 0.0170. The fourth-order valence-corrected chi connectivity index (χ4v) is 11.5. The fraction of sp³-hybridized carbons (Fsp3) is 0.475. The van der Waals surface area contributed by atoms with Crippen LogP contribution in [0.15, 0.2) is 126 Å². The van der Waals surface area contributed by atoms with Gasteiger partial charge in [0.05, 0.1) is 47.0 Å². The summed E-state index contributed by atoms with van der Waals surface area (Å²) in [5.74, 6) is 0.310. The highest BCUT2D eigenvalue weighted by Gasteiger charge is 2.52. The van der Waals surface area contributed by atoms with Gasteiger partial charge in [0.2, 0.25) is 5.91 Å². The number of nitrogens with zero attached hydrogens (tertiary/aromatic N) is 4. The molecule has 4 aromatic carbocycles. The summed E-state index contributed by atoms with van der Waals surface area (Å²) < 4.78 is 54.1. The highest BCUT2D eigenvalue weighted by atomic mass is 31.2. The predicted octanol–water partition coefficient (Wildman–Crippen LogP) is 10.7. The van der Waals surface area contributed by atoms with E-state index in [1.54, 1.807) is 44.6 Å². The number of hydrogen-bond donors (Lipinski definition) is 2. The zero-order chi connectivity index (χ0) is 57.3. The Bertz CT molecular complexity index is 2710. The van der Waals surface area contributed by atoms with E-state index in [2.05, 4.69) is 26.4 Å². The number of benzene rings is 4. The summed E-state index contributed by atoms with van der Waals surface area (Å²) in [4.78, 5) is 57.1. The lowest BCUT2D eigenvalue weighted by Crippen LogP contribution is -2.44. The van der Waals surface area contributed by atoms with Crippen molar-refractivity contribution < 1.29 is 51.9 Å². The molecule has 18 nitrogen and oxygen atoms in total. The average Bonchev–Trinajstić information content (AvgIpc) is 3.81. The van der Waals surface area contributed by atoms with Crippen LogP contribution < -0.4 is 25.8 Å². The van der Waals surface area contributed by atoms with Gasteiger partial charge in [-0.25, -0.2) is 9.46 Å². The van der Waals surface area contributed by atoms with E-state index in [0.29, 0.717) is 30.0 Å². The Labute approximate surface area is 472 Å². The molecule has 2 amide bonds. The first-order valence-electron chi connectivity index (χ1n) is 27.6. The number of ether oxygens (including phenoxy) is 6. The van der Waals surface area contributed by atoms with Gasteiger partial charge >= 0.3 is 11.7 Å². The lowest BCUT2D eigenvalue weighted by molar-refractivity contribution is -0.140. The Morgan fingerprint density at radius 3 is 1.86 bits per heavy atom. The molecule has 0 bridgehead atoms. The summed E-state index contributed by atoms with van der Waals surface area (Å²) in [6.07, 6.45) is 6.44. The summed E-state index contributed by atoms with van der Waals surface area (Å²) in [5.41, 5.74) is 0.615. The second-order valence-corrected chi connectivity index (χ2v) is 21.4. The van der Waals surface area contributed by atoms with E-state index in [0.717, 1.165) is 74.5 Å². The van der Waals surface area contributed by atoms with Crippen molar-refractivity contribution in [2.45, 2.75) is 141 Å². The summed E-state index contributed by atoms with van der Waals surface area (Å²) in [5, 5.41) is 15.4. The number of unbranched alkanes of at least 4 members (excludes halogenated alkanes) is 8. The molecular weight excluding hydrogens is 1040 g/mol. The standard InChI is InChI=1S/C61H79N6O12P/c1-44(2)67(45(3)4)80(77-41-23-38-62)79-56-52(42-76-61(47-26-19-16-20-27-47,48-29-33-50(72-5)34-30-48)49-31-35-51(73-6)36-32-49)78-59(66-40-37-53(65-60(66)71)64-58(70)46-24-17-15-18-25-46)57(56)75-43-54(68)63-39-22-14-12-10-8-9-11-13-21-28-55(69)74-7/h15-20,24-27,29-37,40,44-45,52,56-57,59H,8-14,21-23,28,39,41-43H2,1-7H3,(H,63,68)(H,64,65,70,71)/t52-,56-,57-,59-,80?/m1/s1. The molecular formula is C61H79N6O12P. The monoisotopic (exact) mass is 1120 g/mol. The van der Waals surface area contributed by atoms with Gasteiger partial charge in [0.25, 0.3) is 14.4 Å². The minimum absolute atomic E-state index is 0.0145. The van der Waals surface area contributed by atoms with E-state index in [4.69, 9.17) is 37.5 Å². The number of nitrogens with one attached hydrogen (secondary N) is 2. The summed E-state index contributed by atoms with van der Waals surface area (Å²) in [6, 6.07) is 37.1. The maximum Gasteiger partial charge on any atom is 0.351 e. The van der Waals surface area contributed by atoms with Crippen LogP contribution in [0.3, 0.4) is 0 Å². The van der Waals surface area contributed by atoms with Crippen molar-refractivity contribution in [1.82, 2.24) is 19.5 Å². The first-order valence-corrected chi connectivity index (χ1v) is 28.8. The third-order valence-corrected chi connectivity index (χ3v) is 15.8. The molecule has 1 unspecified atom stereocenters. The van der Waals surface area contributed by atoms with Gasteiger partial charge in [-0.3, -0.25) is 19.0 Å². The molecule has 2 heterocycles. The molecule has 1 saturated heterocycles. The van der Waals surface area contributed by atoms with Crippen LogP contribution in [0.25, 0.3) is 0 Å². The molecule has 2 N–H and O–H groups in total. The smallest absolute Gasteiger partial charge is 0.351 e. The van der Waals surface area contributed by atoms with Gasteiger partial charge in [-0.05, 0) is 99.7 Å². The maximum atomic E-state index is 14.4. The molecule has 0 radical (unpaired) electrons. The van der Waals surface area contributed by atoms with Crippen LogP contribution in [-0.2, 0) is 43.2 Å². The number of rotatable bonds is 34. The van der Waals surface area contributed by atoms with E-state index in [1.807, 2.05) is 107 Å². The molecule has 80 heavy (non-hydrogen) atoms. The van der Waals surface area contributed by atoms with Crippen molar-refractivity contribution >= 4 is 32.1 Å².